The number of sulfonamides is 1. The van der Waals surface area contributed by atoms with Crippen molar-refractivity contribution in [2.24, 2.45) is 0 Å². The summed E-state index contributed by atoms with van der Waals surface area (Å²) in [5, 5.41) is 10.00. The maximum absolute atomic E-state index is 13.8. The van der Waals surface area contributed by atoms with Gasteiger partial charge in [0, 0.05) is 17.8 Å². The van der Waals surface area contributed by atoms with Gasteiger partial charge in [0.15, 0.2) is 0 Å². The Balaban J connectivity index is 1.81. The average molecular weight is 485 g/mol. The second kappa shape index (κ2) is 9.24. The minimum Gasteiger partial charge on any atom is -0.497 e. The van der Waals surface area contributed by atoms with Gasteiger partial charge in [-0.25, -0.2) is 12.8 Å². The highest BCUT2D eigenvalue weighted by molar-refractivity contribution is 7.89. The van der Waals surface area contributed by atoms with Gasteiger partial charge in [-0.1, -0.05) is 24.3 Å². The number of aliphatic carboxylic acids is 1. The Labute approximate surface area is 195 Å². The van der Waals surface area contributed by atoms with Crippen molar-refractivity contribution in [1.29, 1.82) is 0 Å². The van der Waals surface area contributed by atoms with Gasteiger partial charge in [-0.05, 0) is 54.1 Å². The van der Waals surface area contributed by atoms with Gasteiger partial charge in [0.2, 0.25) is 10.0 Å². The molecule has 0 aliphatic carbocycles. The second-order valence-electron chi connectivity index (χ2n) is 7.63. The van der Waals surface area contributed by atoms with E-state index in [1.807, 2.05) is 0 Å². The van der Waals surface area contributed by atoms with Crippen LogP contribution >= 0.6 is 0 Å². The molecule has 0 fully saturated rings. The highest BCUT2D eigenvalue weighted by Gasteiger charge is 2.41. The topological polar surface area (TPSA) is 104 Å². The number of para-hydroxylation sites is 1. The Bertz CT molecular complexity index is 1340. The van der Waals surface area contributed by atoms with Crippen molar-refractivity contribution >= 4 is 27.6 Å². The lowest BCUT2D eigenvalue weighted by Crippen LogP contribution is -2.50. The van der Waals surface area contributed by atoms with Crippen molar-refractivity contribution in [3.8, 4) is 5.75 Å². The Morgan fingerprint density at radius 1 is 1.03 bits per heavy atom. The number of carbonyl (C=O) groups is 2. The lowest BCUT2D eigenvalue weighted by molar-refractivity contribution is -0.141. The fourth-order valence-electron chi connectivity index (χ4n) is 3.85. The number of carboxylic acid groups (broad SMARTS) is 1. The molecule has 0 radical (unpaired) electrons. The number of benzene rings is 3. The molecule has 1 N–H and O–H groups in total. The van der Waals surface area contributed by atoms with Crippen molar-refractivity contribution in [3.05, 3.63) is 89.7 Å². The minimum absolute atomic E-state index is 0.0189. The average Bonchev–Trinajstić information content (AvgIpc) is 3.01. The smallest absolute Gasteiger partial charge is 0.323 e. The van der Waals surface area contributed by atoms with Gasteiger partial charge < -0.3 is 14.7 Å². The molecule has 0 saturated heterocycles. The molecule has 1 aliphatic rings. The fraction of sp³-hybridized carbons (Fsp3) is 0.167. The summed E-state index contributed by atoms with van der Waals surface area (Å²) in [7, 11) is -2.82. The van der Waals surface area contributed by atoms with Crippen LogP contribution in [0.4, 0.5) is 10.1 Å². The standard InChI is InChI=1S/C24H21FN2O6S/c1-33-19-9-11-20(12-10-19)34(31,32)27-14-17-5-2-3-8-21(17)26(15-22(27)24(29)30)23(28)16-6-4-7-18(25)13-16/h2-13,22H,14-15H2,1H3,(H,29,30). The van der Waals surface area contributed by atoms with Crippen molar-refractivity contribution in [2.75, 3.05) is 18.6 Å². The van der Waals surface area contributed by atoms with Crippen molar-refractivity contribution in [1.82, 2.24) is 4.31 Å². The monoisotopic (exact) mass is 484 g/mol. The maximum atomic E-state index is 13.8. The van der Waals surface area contributed by atoms with Crippen molar-refractivity contribution in [3.63, 3.8) is 0 Å². The molecule has 1 heterocycles. The van der Waals surface area contributed by atoms with E-state index in [-0.39, 0.29) is 17.0 Å². The molecule has 0 spiro atoms. The first kappa shape index (κ1) is 23.4. The van der Waals surface area contributed by atoms with Crippen LogP contribution in [0.25, 0.3) is 0 Å². The summed E-state index contributed by atoms with van der Waals surface area (Å²) in [6.07, 6.45) is 0. The number of carbonyl (C=O) groups excluding carboxylic acids is 1. The number of fused-ring (bicyclic) bond motifs is 1. The number of halogens is 1. The van der Waals surface area contributed by atoms with Crippen LogP contribution < -0.4 is 9.64 Å². The predicted molar refractivity (Wildman–Crippen MR) is 122 cm³/mol. The van der Waals surface area contributed by atoms with E-state index in [9.17, 15) is 27.5 Å². The summed E-state index contributed by atoms with van der Waals surface area (Å²) >= 11 is 0. The molecule has 3 aromatic carbocycles. The van der Waals surface area contributed by atoms with Gasteiger partial charge in [0.25, 0.3) is 5.91 Å². The van der Waals surface area contributed by atoms with E-state index in [0.29, 0.717) is 17.0 Å². The number of carboxylic acids is 1. The van der Waals surface area contributed by atoms with Crippen LogP contribution in [0, 0.1) is 5.82 Å². The lowest BCUT2D eigenvalue weighted by atomic mass is 10.1. The normalized spacial score (nSPS) is 16.4. The Hall–Kier alpha value is -3.76. The molecule has 176 valence electrons. The molecular formula is C24H21FN2O6S. The van der Waals surface area contributed by atoms with Gasteiger partial charge in [0.1, 0.15) is 17.6 Å². The third-order valence-electron chi connectivity index (χ3n) is 5.58. The Morgan fingerprint density at radius 3 is 2.38 bits per heavy atom. The molecule has 8 nitrogen and oxygen atoms in total. The summed E-state index contributed by atoms with van der Waals surface area (Å²) in [6.45, 7) is -0.731. The number of ether oxygens (including phenoxy) is 1. The third-order valence-corrected chi connectivity index (χ3v) is 7.45. The Kier molecular flexibility index (Phi) is 6.36. The van der Waals surface area contributed by atoms with Crippen LogP contribution in [0.3, 0.4) is 0 Å². The molecule has 1 amide bonds. The zero-order valence-corrected chi connectivity index (χ0v) is 18.9. The molecule has 4 rings (SSSR count). The summed E-state index contributed by atoms with van der Waals surface area (Å²) in [5.41, 5.74) is 0.814. The number of nitrogens with zero attached hydrogens (tertiary/aromatic N) is 2. The van der Waals surface area contributed by atoms with E-state index in [2.05, 4.69) is 0 Å². The van der Waals surface area contributed by atoms with E-state index < -0.39 is 40.3 Å². The van der Waals surface area contributed by atoms with E-state index >= 15 is 0 Å². The van der Waals surface area contributed by atoms with Gasteiger partial charge in [-0.3, -0.25) is 9.59 Å². The zero-order valence-electron chi connectivity index (χ0n) is 18.1. The Morgan fingerprint density at radius 2 is 1.74 bits per heavy atom. The molecule has 1 unspecified atom stereocenters. The first-order valence-corrected chi connectivity index (χ1v) is 11.7. The molecule has 0 bridgehead atoms. The molecule has 0 saturated carbocycles. The van der Waals surface area contributed by atoms with Crippen molar-refractivity contribution < 1.29 is 32.2 Å². The van der Waals surface area contributed by atoms with E-state index in [1.165, 1.54) is 54.5 Å². The minimum atomic E-state index is -4.27. The van der Waals surface area contributed by atoms with Crippen LogP contribution in [0.1, 0.15) is 15.9 Å². The summed E-state index contributed by atoms with van der Waals surface area (Å²) in [5.74, 6) is -2.22. The number of anilines is 1. The SMILES string of the molecule is COc1ccc(S(=O)(=O)N2Cc3ccccc3N(C(=O)c3cccc(F)c3)CC2C(=O)O)cc1. The number of methoxy groups -OCH3 is 1. The molecule has 3 aromatic rings. The number of hydrogen-bond acceptors (Lipinski definition) is 5. The highest BCUT2D eigenvalue weighted by Crippen LogP contribution is 2.32. The number of amides is 1. The lowest BCUT2D eigenvalue weighted by Gasteiger charge is -2.28. The van der Waals surface area contributed by atoms with Crippen LogP contribution in [0.15, 0.2) is 77.7 Å². The zero-order chi connectivity index (χ0) is 24.5. The summed E-state index contributed by atoms with van der Waals surface area (Å²) in [4.78, 5) is 26.7. The summed E-state index contributed by atoms with van der Waals surface area (Å²) in [6, 6.07) is 15.6. The predicted octanol–water partition coefficient (Wildman–Crippen LogP) is 3.14. The van der Waals surface area contributed by atoms with Crippen molar-refractivity contribution in [2.45, 2.75) is 17.5 Å². The molecule has 34 heavy (non-hydrogen) atoms. The quantitative estimate of drug-likeness (QED) is 0.597. The first-order valence-electron chi connectivity index (χ1n) is 10.3. The van der Waals surface area contributed by atoms with Gasteiger partial charge in [0.05, 0.1) is 18.6 Å². The van der Waals surface area contributed by atoms with Crippen LogP contribution in [-0.4, -0.2) is 49.4 Å². The van der Waals surface area contributed by atoms with E-state index in [1.54, 1.807) is 24.3 Å². The van der Waals surface area contributed by atoms with Crippen LogP contribution in [0.2, 0.25) is 0 Å². The van der Waals surface area contributed by atoms with E-state index in [0.717, 1.165) is 10.4 Å². The largest absolute Gasteiger partial charge is 0.497 e. The van der Waals surface area contributed by atoms with Crippen LogP contribution in [0.5, 0.6) is 5.75 Å². The first-order chi connectivity index (χ1) is 16.2. The highest BCUT2D eigenvalue weighted by atomic mass is 32.2. The molecule has 1 aliphatic heterocycles. The summed E-state index contributed by atoms with van der Waals surface area (Å²) < 4.78 is 46.8. The van der Waals surface area contributed by atoms with E-state index in [4.69, 9.17) is 4.74 Å². The molecule has 0 aromatic heterocycles. The number of hydrogen-bond donors (Lipinski definition) is 1. The van der Waals surface area contributed by atoms with Gasteiger partial charge in [-0.15, -0.1) is 0 Å². The second-order valence-corrected chi connectivity index (χ2v) is 9.53. The fourth-order valence-corrected chi connectivity index (χ4v) is 5.41. The van der Waals surface area contributed by atoms with Gasteiger partial charge >= 0.3 is 5.97 Å². The molecule has 10 heteroatoms. The third kappa shape index (κ3) is 4.37. The number of rotatable bonds is 5. The van der Waals surface area contributed by atoms with Crippen LogP contribution in [-0.2, 0) is 21.4 Å². The maximum Gasteiger partial charge on any atom is 0.323 e. The molecule has 1 atom stereocenters. The van der Waals surface area contributed by atoms with Gasteiger partial charge in [-0.2, -0.15) is 4.31 Å². The molecular weight excluding hydrogens is 463 g/mol.